The average Bonchev–Trinajstić information content (AvgIpc) is 2.98. The van der Waals surface area contributed by atoms with Crippen molar-refractivity contribution < 1.29 is 19.1 Å². The van der Waals surface area contributed by atoms with E-state index in [9.17, 15) is 14.9 Å². The smallest absolute Gasteiger partial charge is 0.408 e. The minimum absolute atomic E-state index is 0.0699. The van der Waals surface area contributed by atoms with Crippen molar-refractivity contribution in [3.63, 3.8) is 0 Å². The first-order chi connectivity index (χ1) is 13.8. The molecule has 6 nitrogen and oxygen atoms in total. The highest BCUT2D eigenvalue weighted by Crippen LogP contribution is 2.44. The van der Waals surface area contributed by atoms with Crippen LogP contribution in [-0.2, 0) is 14.3 Å². The van der Waals surface area contributed by atoms with E-state index in [1.54, 1.807) is 20.8 Å². The molecule has 1 N–H and O–H groups in total. The molecule has 0 unspecified atom stereocenters. The van der Waals surface area contributed by atoms with Crippen molar-refractivity contribution in [3.05, 3.63) is 59.7 Å². The minimum Gasteiger partial charge on any atom is -0.460 e. The zero-order valence-corrected chi connectivity index (χ0v) is 16.8. The summed E-state index contributed by atoms with van der Waals surface area (Å²) in [7, 11) is 0. The standard InChI is InChI=1S/C23H24N2O4/c1-23(2,3)29-21(26)12-15(13-24)25-22(27)28-14-20-18-10-6-4-8-16(18)17-9-5-7-11-19(17)20/h4-11,15,20H,12,14H2,1-3H3,(H,25,27)/t15-/m0/s1. The molecule has 3 rings (SSSR count). The summed E-state index contributed by atoms with van der Waals surface area (Å²) in [5.74, 6) is -0.623. The van der Waals surface area contributed by atoms with Gasteiger partial charge in [-0.2, -0.15) is 5.26 Å². The van der Waals surface area contributed by atoms with Crippen LogP contribution in [0.3, 0.4) is 0 Å². The van der Waals surface area contributed by atoms with Crippen molar-refractivity contribution in [1.29, 1.82) is 5.26 Å². The van der Waals surface area contributed by atoms with E-state index in [-0.39, 0.29) is 18.9 Å². The van der Waals surface area contributed by atoms with Crippen molar-refractivity contribution in [2.75, 3.05) is 6.61 Å². The number of nitrogens with one attached hydrogen (secondary N) is 1. The third-order valence-corrected chi connectivity index (χ3v) is 4.58. The quantitative estimate of drug-likeness (QED) is 0.772. The number of nitrogens with zero attached hydrogens (tertiary/aromatic N) is 1. The fourth-order valence-corrected chi connectivity index (χ4v) is 3.46. The number of rotatable bonds is 5. The highest BCUT2D eigenvalue weighted by atomic mass is 16.6. The number of esters is 1. The van der Waals surface area contributed by atoms with Gasteiger partial charge in [0, 0.05) is 5.92 Å². The number of amides is 1. The van der Waals surface area contributed by atoms with Gasteiger partial charge in [0.2, 0.25) is 0 Å². The number of nitriles is 1. The van der Waals surface area contributed by atoms with E-state index in [1.807, 2.05) is 42.5 Å². The number of carbonyl (C=O) groups excluding carboxylic acids is 2. The predicted octanol–water partition coefficient (Wildman–Crippen LogP) is 4.15. The summed E-state index contributed by atoms with van der Waals surface area (Å²) in [5.41, 5.74) is 3.83. The van der Waals surface area contributed by atoms with E-state index in [2.05, 4.69) is 17.4 Å². The van der Waals surface area contributed by atoms with E-state index in [0.29, 0.717) is 0 Å². The van der Waals surface area contributed by atoms with Gasteiger partial charge in [0.15, 0.2) is 0 Å². The molecule has 0 radical (unpaired) electrons. The molecular weight excluding hydrogens is 368 g/mol. The Bertz CT molecular complexity index is 910. The van der Waals surface area contributed by atoms with Crippen molar-refractivity contribution in [1.82, 2.24) is 5.32 Å². The zero-order valence-electron chi connectivity index (χ0n) is 16.8. The van der Waals surface area contributed by atoms with Gasteiger partial charge in [0.25, 0.3) is 0 Å². The molecule has 1 amide bonds. The molecule has 0 aliphatic heterocycles. The zero-order chi connectivity index (χ0) is 21.0. The van der Waals surface area contributed by atoms with Crippen LogP contribution in [-0.4, -0.2) is 30.3 Å². The largest absolute Gasteiger partial charge is 0.460 e. The molecule has 1 atom stereocenters. The summed E-state index contributed by atoms with van der Waals surface area (Å²) in [5, 5.41) is 11.7. The lowest BCUT2D eigenvalue weighted by molar-refractivity contribution is -0.155. The monoisotopic (exact) mass is 392 g/mol. The van der Waals surface area contributed by atoms with Gasteiger partial charge in [-0.25, -0.2) is 4.79 Å². The van der Waals surface area contributed by atoms with Gasteiger partial charge in [-0.15, -0.1) is 0 Å². The van der Waals surface area contributed by atoms with Gasteiger partial charge in [0.05, 0.1) is 12.5 Å². The van der Waals surface area contributed by atoms with Crippen LogP contribution in [0.5, 0.6) is 0 Å². The molecule has 1 aliphatic carbocycles. The van der Waals surface area contributed by atoms with E-state index in [1.165, 1.54) is 0 Å². The fourth-order valence-electron chi connectivity index (χ4n) is 3.46. The lowest BCUT2D eigenvalue weighted by atomic mass is 9.98. The highest BCUT2D eigenvalue weighted by Gasteiger charge is 2.29. The number of alkyl carbamates (subject to hydrolysis) is 1. The maximum Gasteiger partial charge on any atom is 0.408 e. The first-order valence-electron chi connectivity index (χ1n) is 9.51. The van der Waals surface area contributed by atoms with E-state index < -0.39 is 23.7 Å². The lowest BCUT2D eigenvalue weighted by Gasteiger charge is -2.20. The molecule has 6 heteroatoms. The van der Waals surface area contributed by atoms with Crippen LogP contribution in [0.1, 0.15) is 44.2 Å². The van der Waals surface area contributed by atoms with Gasteiger partial charge >= 0.3 is 12.1 Å². The Balaban J connectivity index is 1.61. The Hall–Kier alpha value is -3.33. The van der Waals surface area contributed by atoms with Gasteiger partial charge < -0.3 is 14.8 Å². The number of hydrogen-bond donors (Lipinski definition) is 1. The second-order valence-corrected chi connectivity index (χ2v) is 7.94. The summed E-state index contributed by atoms with van der Waals surface area (Å²) < 4.78 is 10.6. The van der Waals surface area contributed by atoms with Crippen LogP contribution in [0.25, 0.3) is 11.1 Å². The third kappa shape index (κ3) is 4.94. The van der Waals surface area contributed by atoms with Crippen LogP contribution in [0.15, 0.2) is 48.5 Å². The molecule has 0 aromatic heterocycles. The molecule has 0 fully saturated rings. The first kappa shape index (κ1) is 20.4. The maximum absolute atomic E-state index is 12.2. The van der Waals surface area contributed by atoms with Crippen molar-refractivity contribution in [2.45, 2.75) is 44.8 Å². The van der Waals surface area contributed by atoms with E-state index in [0.717, 1.165) is 22.3 Å². The van der Waals surface area contributed by atoms with Crippen LogP contribution in [0.2, 0.25) is 0 Å². The molecule has 2 aromatic carbocycles. The van der Waals surface area contributed by atoms with Gasteiger partial charge in [-0.1, -0.05) is 48.5 Å². The Morgan fingerprint density at radius 1 is 1.07 bits per heavy atom. The molecule has 150 valence electrons. The molecule has 0 saturated carbocycles. The summed E-state index contributed by atoms with van der Waals surface area (Å²) >= 11 is 0. The average molecular weight is 392 g/mol. The topological polar surface area (TPSA) is 88.4 Å². The first-order valence-corrected chi connectivity index (χ1v) is 9.51. The van der Waals surface area contributed by atoms with Crippen molar-refractivity contribution in [2.24, 2.45) is 0 Å². The Morgan fingerprint density at radius 2 is 1.62 bits per heavy atom. The maximum atomic E-state index is 12.2. The van der Waals surface area contributed by atoms with Gasteiger partial charge in [-0.3, -0.25) is 4.79 Å². The summed E-state index contributed by atoms with van der Waals surface area (Å²) in [6.07, 6.45) is -0.972. The van der Waals surface area contributed by atoms with Gasteiger partial charge in [0.1, 0.15) is 18.2 Å². The number of hydrogen-bond acceptors (Lipinski definition) is 5. The fraction of sp³-hybridized carbons (Fsp3) is 0.348. The molecule has 2 aromatic rings. The second kappa shape index (κ2) is 8.36. The minimum atomic E-state index is -1.01. The number of benzene rings is 2. The molecular formula is C23H24N2O4. The summed E-state index contributed by atoms with van der Waals surface area (Å²) in [6.45, 7) is 5.37. The Labute approximate surface area is 170 Å². The van der Waals surface area contributed by atoms with E-state index in [4.69, 9.17) is 9.47 Å². The lowest BCUT2D eigenvalue weighted by Crippen LogP contribution is -2.38. The molecule has 0 heterocycles. The summed E-state index contributed by atoms with van der Waals surface area (Å²) in [6, 6.07) is 17.0. The van der Waals surface area contributed by atoms with Gasteiger partial charge in [-0.05, 0) is 43.0 Å². The molecule has 29 heavy (non-hydrogen) atoms. The number of ether oxygens (including phenoxy) is 2. The van der Waals surface area contributed by atoms with Crippen LogP contribution >= 0.6 is 0 Å². The predicted molar refractivity (Wildman–Crippen MR) is 108 cm³/mol. The normalized spacial score (nSPS) is 13.6. The van der Waals surface area contributed by atoms with Crippen LogP contribution < -0.4 is 5.32 Å². The molecule has 0 saturated heterocycles. The number of carbonyl (C=O) groups is 2. The SMILES string of the molecule is CC(C)(C)OC(=O)C[C@@H](C#N)NC(=O)OCC1c2ccccc2-c2ccccc21. The van der Waals surface area contributed by atoms with Crippen molar-refractivity contribution in [3.8, 4) is 17.2 Å². The Kier molecular flexibility index (Phi) is 5.88. The molecule has 1 aliphatic rings. The highest BCUT2D eigenvalue weighted by molar-refractivity contribution is 5.79. The van der Waals surface area contributed by atoms with Crippen LogP contribution in [0, 0.1) is 11.3 Å². The van der Waals surface area contributed by atoms with Crippen LogP contribution in [0.4, 0.5) is 4.79 Å². The Morgan fingerprint density at radius 3 is 2.14 bits per heavy atom. The summed E-state index contributed by atoms with van der Waals surface area (Å²) in [4.78, 5) is 24.1. The number of fused-ring (bicyclic) bond motifs is 3. The third-order valence-electron chi connectivity index (χ3n) is 4.58. The van der Waals surface area contributed by atoms with Crippen molar-refractivity contribution >= 4 is 12.1 Å². The second-order valence-electron chi connectivity index (χ2n) is 7.94. The molecule has 0 bridgehead atoms. The molecule has 0 spiro atoms. The van der Waals surface area contributed by atoms with E-state index >= 15 is 0 Å².